The summed E-state index contributed by atoms with van der Waals surface area (Å²) >= 11 is 0. The number of halogens is 1. The average Bonchev–Trinajstić information content (AvgIpc) is 2.94. The summed E-state index contributed by atoms with van der Waals surface area (Å²) in [6, 6.07) is 4.21. The van der Waals surface area contributed by atoms with Crippen molar-refractivity contribution < 1.29 is 18.7 Å². The standard InChI is InChI=1S/C17H25FN2O3/c1-17(2,3)23-16(21)20-8-7-11(10-20)15(19)13-6-5-12(22-4)9-14(13)18/h5-6,9,11,15H,7-8,10,19H2,1-4H3. The fraction of sp³-hybridized carbons (Fsp3) is 0.588. The second-order valence-corrected chi connectivity index (χ2v) is 6.89. The first kappa shape index (κ1) is 17.5. The molecule has 1 fully saturated rings. The van der Waals surface area contributed by atoms with Crippen molar-refractivity contribution in [1.29, 1.82) is 0 Å². The molecule has 2 unspecified atom stereocenters. The fourth-order valence-electron chi connectivity index (χ4n) is 2.73. The second kappa shape index (κ2) is 6.74. The maximum Gasteiger partial charge on any atom is 0.410 e. The number of nitrogens with two attached hydrogens (primary N) is 1. The Labute approximate surface area is 136 Å². The van der Waals surface area contributed by atoms with E-state index in [1.807, 2.05) is 20.8 Å². The van der Waals surface area contributed by atoms with Gasteiger partial charge in [0, 0.05) is 30.8 Å². The fourth-order valence-corrected chi connectivity index (χ4v) is 2.73. The van der Waals surface area contributed by atoms with Gasteiger partial charge in [0.15, 0.2) is 0 Å². The molecule has 1 saturated heterocycles. The molecule has 1 aliphatic heterocycles. The summed E-state index contributed by atoms with van der Waals surface area (Å²) in [6.07, 6.45) is 0.383. The third-order valence-electron chi connectivity index (χ3n) is 3.95. The molecule has 128 valence electrons. The molecule has 6 heteroatoms. The van der Waals surface area contributed by atoms with Crippen LogP contribution in [-0.4, -0.2) is 36.8 Å². The van der Waals surface area contributed by atoms with Gasteiger partial charge in [-0.1, -0.05) is 6.07 Å². The van der Waals surface area contributed by atoms with Crippen molar-refractivity contribution in [2.45, 2.75) is 38.8 Å². The Morgan fingerprint density at radius 2 is 2.13 bits per heavy atom. The first-order chi connectivity index (χ1) is 10.7. The normalized spacial score (nSPS) is 19.6. The molecule has 1 aromatic carbocycles. The first-order valence-corrected chi connectivity index (χ1v) is 7.78. The molecule has 0 saturated carbocycles. The van der Waals surface area contributed by atoms with Gasteiger partial charge in [0.25, 0.3) is 0 Å². The number of carbonyl (C=O) groups is 1. The van der Waals surface area contributed by atoms with Crippen LogP contribution < -0.4 is 10.5 Å². The van der Waals surface area contributed by atoms with Crippen molar-refractivity contribution in [3.05, 3.63) is 29.6 Å². The Bertz CT molecular complexity index is 571. The molecule has 2 rings (SSSR count). The van der Waals surface area contributed by atoms with E-state index in [2.05, 4.69) is 0 Å². The number of methoxy groups -OCH3 is 1. The van der Waals surface area contributed by atoms with Gasteiger partial charge in [-0.05, 0) is 39.2 Å². The molecule has 0 aromatic heterocycles. The largest absolute Gasteiger partial charge is 0.497 e. The highest BCUT2D eigenvalue weighted by Gasteiger charge is 2.34. The number of benzene rings is 1. The summed E-state index contributed by atoms with van der Waals surface area (Å²) in [6.45, 7) is 6.54. The maximum absolute atomic E-state index is 14.2. The zero-order chi connectivity index (χ0) is 17.2. The topological polar surface area (TPSA) is 64.8 Å². The SMILES string of the molecule is COc1ccc(C(N)C2CCN(C(=O)OC(C)(C)C)C2)c(F)c1. The van der Waals surface area contributed by atoms with E-state index >= 15 is 0 Å². The number of ether oxygens (including phenoxy) is 2. The van der Waals surface area contributed by atoms with E-state index in [1.54, 1.807) is 17.0 Å². The van der Waals surface area contributed by atoms with Crippen LogP contribution in [-0.2, 0) is 4.74 Å². The van der Waals surface area contributed by atoms with Gasteiger partial charge in [-0.15, -0.1) is 0 Å². The van der Waals surface area contributed by atoms with Crippen molar-refractivity contribution in [1.82, 2.24) is 4.90 Å². The number of carbonyl (C=O) groups excluding carboxylic acids is 1. The molecule has 0 bridgehead atoms. The number of hydrogen-bond donors (Lipinski definition) is 1. The van der Waals surface area contributed by atoms with E-state index in [0.29, 0.717) is 24.4 Å². The Hall–Kier alpha value is -1.82. The minimum atomic E-state index is -0.528. The van der Waals surface area contributed by atoms with Gasteiger partial charge in [-0.25, -0.2) is 9.18 Å². The highest BCUT2D eigenvalue weighted by Crippen LogP contribution is 2.31. The third kappa shape index (κ3) is 4.34. The summed E-state index contributed by atoms with van der Waals surface area (Å²) in [7, 11) is 1.49. The maximum atomic E-state index is 14.2. The van der Waals surface area contributed by atoms with Gasteiger partial charge < -0.3 is 20.1 Å². The molecule has 1 amide bonds. The summed E-state index contributed by atoms with van der Waals surface area (Å²) < 4.78 is 24.5. The van der Waals surface area contributed by atoms with Gasteiger partial charge in [0.1, 0.15) is 17.2 Å². The molecular weight excluding hydrogens is 299 g/mol. The molecule has 0 radical (unpaired) electrons. The minimum absolute atomic E-state index is 0.00501. The summed E-state index contributed by atoms with van der Waals surface area (Å²) in [5.74, 6) is 0.0817. The lowest BCUT2D eigenvalue weighted by molar-refractivity contribution is 0.0286. The predicted molar refractivity (Wildman–Crippen MR) is 85.8 cm³/mol. The molecule has 1 heterocycles. The highest BCUT2D eigenvalue weighted by molar-refractivity contribution is 5.68. The van der Waals surface area contributed by atoms with E-state index in [0.717, 1.165) is 6.42 Å². The van der Waals surface area contributed by atoms with E-state index in [4.69, 9.17) is 15.2 Å². The van der Waals surface area contributed by atoms with Crippen LogP contribution in [0, 0.1) is 11.7 Å². The smallest absolute Gasteiger partial charge is 0.410 e. The van der Waals surface area contributed by atoms with Crippen LogP contribution in [0.25, 0.3) is 0 Å². The zero-order valence-corrected chi connectivity index (χ0v) is 14.1. The first-order valence-electron chi connectivity index (χ1n) is 7.78. The summed E-state index contributed by atoms with van der Waals surface area (Å²) in [5.41, 5.74) is 6.14. The molecule has 0 spiro atoms. The Morgan fingerprint density at radius 3 is 2.70 bits per heavy atom. The van der Waals surface area contributed by atoms with E-state index in [9.17, 15) is 9.18 Å². The van der Waals surface area contributed by atoms with Gasteiger partial charge in [0.2, 0.25) is 0 Å². The number of rotatable bonds is 3. The van der Waals surface area contributed by atoms with Crippen LogP contribution in [0.2, 0.25) is 0 Å². The van der Waals surface area contributed by atoms with Crippen molar-refractivity contribution in [2.75, 3.05) is 20.2 Å². The molecule has 2 N–H and O–H groups in total. The van der Waals surface area contributed by atoms with Crippen molar-refractivity contribution in [2.24, 2.45) is 11.7 Å². The molecule has 1 aliphatic rings. The molecule has 0 aliphatic carbocycles. The van der Waals surface area contributed by atoms with Gasteiger partial charge in [0.05, 0.1) is 7.11 Å². The van der Waals surface area contributed by atoms with Crippen LogP contribution in [0.1, 0.15) is 38.8 Å². The average molecular weight is 324 g/mol. The predicted octanol–water partition coefficient (Wildman–Crippen LogP) is 3.09. The Kier molecular flexibility index (Phi) is 5.14. The minimum Gasteiger partial charge on any atom is -0.497 e. The van der Waals surface area contributed by atoms with Gasteiger partial charge >= 0.3 is 6.09 Å². The lowest BCUT2D eigenvalue weighted by Gasteiger charge is -2.25. The lowest BCUT2D eigenvalue weighted by atomic mass is 9.92. The van der Waals surface area contributed by atoms with Gasteiger partial charge in [-0.2, -0.15) is 0 Å². The van der Waals surface area contributed by atoms with E-state index in [-0.39, 0.29) is 17.8 Å². The van der Waals surface area contributed by atoms with Crippen molar-refractivity contribution in [3.63, 3.8) is 0 Å². The number of hydrogen-bond acceptors (Lipinski definition) is 4. The Morgan fingerprint density at radius 1 is 1.43 bits per heavy atom. The van der Waals surface area contributed by atoms with Crippen LogP contribution in [0.3, 0.4) is 0 Å². The lowest BCUT2D eigenvalue weighted by Crippen LogP contribution is -2.36. The number of nitrogens with zero attached hydrogens (tertiary/aromatic N) is 1. The summed E-state index contributed by atoms with van der Waals surface area (Å²) in [4.78, 5) is 13.7. The van der Waals surface area contributed by atoms with Crippen molar-refractivity contribution >= 4 is 6.09 Å². The van der Waals surface area contributed by atoms with Crippen LogP contribution >= 0.6 is 0 Å². The highest BCUT2D eigenvalue weighted by atomic mass is 19.1. The molecule has 2 atom stereocenters. The molecule has 5 nitrogen and oxygen atoms in total. The molecular formula is C17H25FN2O3. The summed E-state index contributed by atoms with van der Waals surface area (Å²) in [5, 5.41) is 0. The van der Waals surface area contributed by atoms with Crippen LogP contribution in [0.4, 0.5) is 9.18 Å². The zero-order valence-electron chi connectivity index (χ0n) is 14.1. The second-order valence-electron chi connectivity index (χ2n) is 6.89. The monoisotopic (exact) mass is 324 g/mol. The quantitative estimate of drug-likeness (QED) is 0.928. The van der Waals surface area contributed by atoms with Crippen LogP contribution in [0.5, 0.6) is 5.75 Å². The number of likely N-dealkylation sites (tertiary alicyclic amines) is 1. The molecule has 23 heavy (non-hydrogen) atoms. The van der Waals surface area contributed by atoms with E-state index < -0.39 is 11.6 Å². The van der Waals surface area contributed by atoms with Crippen molar-refractivity contribution in [3.8, 4) is 5.75 Å². The Balaban J connectivity index is 2.02. The van der Waals surface area contributed by atoms with Crippen LogP contribution in [0.15, 0.2) is 18.2 Å². The van der Waals surface area contributed by atoms with E-state index in [1.165, 1.54) is 13.2 Å². The molecule has 1 aromatic rings. The van der Waals surface area contributed by atoms with Gasteiger partial charge in [-0.3, -0.25) is 0 Å². The third-order valence-corrected chi connectivity index (χ3v) is 3.95. The number of amides is 1.